The maximum absolute atomic E-state index is 13.7. The van der Waals surface area contributed by atoms with Crippen LogP contribution in [0.15, 0.2) is 11.6 Å². The van der Waals surface area contributed by atoms with E-state index >= 15 is 0 Å². The highest BCUT2D eigenvalue weighted by Crippen LogP contribution is 2.64. The molecule has 5 aliphatic rings. The van der Waals surface area contributed by atoms with Gasteiger partial charge in [-0.05, 0) is 74.2 Å². The van der Waals surface area contributed by atoms with Gasteiger partial charge in [0.2, 0.25) is 0 Å². The van der Waals surface area contributed by atoms with Gasteiger partial charge in [-0.3, -0.25) is 9.59 Å². The average Bonchev–Trinajstić information content (AvgIpc) is 2.82. The highest BCUT2D eigenvalue weighted by atomic mass is 16.5. The number of hydrogen-bond acceptors (Lipinski definition) is 6. The van der Waals surface area contributed by atoms with Gasteiger partial charge in [0.1, 0.15) is 0 Å². The molecule has 0 aromatic carbocycles. The Morgan fingerprint density at radius 1 is 1.24 bits per heavy atom. The second kappa shape index (κ2) is 10.3. The first-order chi connectivity index (χ1) is 17.6. The smallest absolute Gasteiger partial charge is 0.312 e. The zero-order valence-electron chi connectivity index (χ0n) is 21.9. The molecular formula is C28H42N2O7. The summed E-state index contributed by atoms with van der Waals surface area (Å²) < 4.78 is 12.2. The number of carbonyl (C=O) groups excluding carboxylic acids is 2. The molecule has 1 aliphatic heterocycles. The van der Waals surface area contributed by atoms with Crippen LogP contribution in [0.1, 0.15) is 52.4 Å². The van der Waals surface area contributed by atoms with Crippen LogP contribution in [0, 0.1) is 52.8 Å². The average molecular weight is 519 g/mol. The molecule has 4 fully saturated rings. The van der Waals surface area contributed by atoms with E-state index < -0.39 is 41.5 Å². The number of fused-ring (bicyclic) bond motifs is 3. The standard InChI is InChI=1S/C28H42N2O7/c1-14(2)9-15-3-4-17-16-5-6-19-18-12-36-13-28(19,11-22(32)25(18)37-8-7-30-27(29)35)20(16)10-21(31)24(17)23(15)26(33)34/h10,14-19,22-25,32H,3-9,11-13H2,1-2H3,(H,33,34)(H3,29,30,35)/t15?,16?,17?,18?,19?,22-,23?,24?,25-,28-/m1/s1. The monoisotopic (exact) mass is 518 g/mol. The summed E-state index contributed by atoms with van der Waals surface area (Å²) in [6.45, 7) is 5.73. The second-order valence-corrected chi connectivity index (χ2v) is 12.5. The Balaban J connectivity index is 1.41. The van der Waals surface area contributed by atoms with Crippen molar-refractivity contribution in [3.8, 4) is 0 Å². The highest BCUT2D eigenvalue weighted by molar-refractivity contribution is 5.97. The van der Waals surface area contributed by atoms with Gasteiger partial charge in [-0.15, -0.1) is 0 Å². The van der Waals surface area contributed by atoms with Gasteiger partial charge in [0.15, 0.2) is 5.78 Å². The molecule has 37 heavy (non-hydrogen) atoms. The van der Waals surface area contributed by atoms with Crippen LogP contribution in [0.3, 0.4) is 0 Å². The molecule has 1 heterocycles. The van der Waals surface area contributed by atoms with Crippen LogP contribution in [0.4, 0.5) is 4.79 Å². The third-order valence-electron chi connectivity index (χ3n) is 10.2. The largest absolute Gasteiger partial charge is 0.481 e. The molecule has 7 unspecified atom stereocenters. The maximum Gasteiger partial charge on any atom is 0.312 e. The maximum atomic E-state index is 13.7. The topological polar surface area (TPSA) is 148 Å². The summed E-state index contributed by atoms with van der Waals surface area (Å²) in [6, 6.07) is -0.610. The number of ketones is 1. The minimum atomic E-state index is -0.836. The van der Waals surface area contributed by atoms with Crippen LogP contribution in [0.25, 0.3) is 0 Å². The number of hydrogen-bond donors (Lipinski definition) is 4. The number of nitrogens with one attached hydrogen (secondary N) is 1. The summed E-state index contributed by atoms with van der Waals surface area (Å²) in [5.74, 6) is -1.10. The van der Waals surface area contributed by atoms with Gasteiger partial charge in [0, 0.05) is 23.8 Å². The summed E-state index contributed by atoms with van der Waals surface area (Å²) in [4.78, 5) is 37.2. The lowest BCUT2D eigenvalue weighted by molar-refractivity contribution is -0.215. The molecule has 9 heteroatoms. The molecule has 0 aromatic heterocycles. The summed E-state index contributed by atoms with van der Waals surface area (Å²) in [6.07, 6.45) is 5.57. The van der Waals surface area contributed by atoms with Gasteiger partial charge in [-0.25, -0.2) is 4.79 Å². The summed E-state index contributed by atoms with van der Waals surface area (Å²) in [5, 5.41) is 24.0. The number of urea groups is 1. The molecule has 5 N–H and O–H groups in total. The molecule has 0 aromatic rings. The predicted molar refractivity (Wildman–Crippen MR) is 134 cm³/mol. The normalized spacial score (nSPS) is 42.8. The molecule has 206 valence electrons. The lowest BCUT2D eigenvalue weighted by Gasteiger charge is -2.62. The predicted octanol–water partition coefficient (Wildman–Crippen LogP) is 2.36. The van der Waals surface area contributed by atoms with Crippen LogP contribution in [0.2, 0.25) is 0 Å². The minimum Gasteiger partial charge on any atom is -0.481 e. The number of carbonyl (C=O) groups is 3. The first-order valence-electron chi connectivity index (χ1n) is 14.0. The fraction of sp³-hybridized carbons (Fsp3) is 0.821. The van der Waals surface area contributed by atoms with E-state index in [1.165, 1.54) is 0 Å². The molecule has 3 saturated carbocycles. The van der Waals surface area contributed by atoms with E-state index in [0.717, 1.165) is 37.7 Å². The van der Waals surface area contributed by atoms with Gasteiger partial charge in [0.05, 0.1) is 37.9 Å². The van der Waals surface area contributed by atoms with E-state index in [4.69, 9.17) is 15.2 Å². The fourth-order valence-corrected chi connectivity index (χ4v) is 9.05. The van der Waals surface area contributed by atoms with Crippen molar-refractivity contribution in [1.29, 1.82) is 0 Å². The molecule has 0 spiro atoms. The molecule has 5 rings (SSSR count). The molecule has 1 saturated heterocycles. The van der Waals surface area contributed by atoms with E-state index in [-0.39, 0.29) is 48.5 Å². The van der Waals surface area contributed by atoms with Crippen molar-refractivity contribution in [3.63, 3.8) is 0 Å². The van der Waals surface area contributed by atoms with E-state index in [2.05, 4.69) is 19.2 Å². The number of primary amides is 1. The lowest BCUT2D eigenvalue weighted by Crippen LogP contribution is -2.64. The van der Waals surface area contributed by atoms with Crippen molar-refractivity contribution < 1.29 is 34.1 Å². The van der Waals surface area contributed by atoms with Crippen molar-refractivity contribution in [2.45, 2.75) is 64.6 Å². The van der Waals surface area contributed by atoms with Crippen molar-refractivity contribution in [3.05, 3.63) is 11.6 Å². The first-order valence-corrected chi connectivity index (χ1v) is 14.0. The van der Waals surface area contributed by atoms with E-state index in [1.807, 2.05) is 0 Å². The SMILES string of the molecule is CC(C)CC1CCC2C3CCC4C5COC[C@@]4(C[C@@H](O)[C@@H]5OCCNC(N)=O)C3=CC(=O)C2C1C(=O)O. The minimum absolute atomic E-state index is 0.00528. The number of nitrogens with two attached hydrogens (primary N) is 1. The number of carboxylic acid groups (broad SMARTS) is 1. The van der Waals surface area contributed by atoms with Gasteiger partial charge in [0.25, 0.3) is 0 Å². The number of rotatable bonds is 7. The number of aliphatic hydroxyl groups is 1. The molecule has 9 nitrogen and oxygen atoms in total. The van der Waals surface area contributed by atoms with Gasteiger partial charge < -0.3 is 30.7 Å². The van der Waals surface area contributed by atoms with Crippen molar-refractivity contribution in [2.24, 2.45) is 58.5 Å². The van der Waals surface area contributed by atoms with Crippen LogP contribution < -0.4 is 11.1 Å². The number of carboxylic acids is 1. The Hall–Kier alpha value is -1.97. The molecule has 0 radical (unpaired) electrons. The Morgan fingerprint density at radius 3 is 2.73 bits per heavy atom. The molecule has 10 atom stereocenters. The Labute approximate surface area is 218 Å². The van der Waals surface area contributed by atoms with Gasteiger partial charge in [-0.2, -0.15) is 0 Å². The second-order valence-electron chi connectivity index (χ2n) is 12.5. The summed E-state index contributed by atoms with van der Waals surface area (Å²) in [7, 11) is 0. The Bertz CT molecular complexity index is 951. The van der Waals surface area contributed by atoms with Gasteiger partial charge >= 0.3 is 12.0 Å². The van der Waals surface area contributed by atoms with E-state index in [0.29, 0.717) is 25.6 Å². The van der Waals surface area contributed by atoms with Crippen LogP contribution >= 0.6 is 0 Å². The summed E-state index contributed by atoms with van der Waals surface area (Å²) in [5.41, 5.74) is 5.82. The lowest BCUT2D eigenvalue weighted by atomic mass is 9.45. The highest BCUT2D eigenvalue weighted by Gasteiger charge is 2.63. The number of allylic oxidation sites excluding steroid dienone is 1. The van der Waals surface area contributed by atoms with Crippen molar-refractivity contribution in [2.75, 3.05) is 26.4 Å². The first kappa shape index (κ1) is 26.6. The number of aliphatic hydroxyl groups excluding tert-OH is 1. The number of amides is 2. The van der Waals surface area contributed by atoms with Crippen molar-refractivity contribution >= 4 is 17.8 Å². The number of aliphatic carboxylic acids is 1. The third-order valence-corrected chi connectivity index (χ3v) is 10.2. The Morgan fingerprint density at radius 2 is 2.03 bits per heavy atom. The van der Waals surface area contributed by atoms with Crippen LogP contribution in [-0.2, 0) is 19.1 Å². The zero-order chi connectivity index (χ0) is 26.5. The number of ether oxygens (including phenoxy) is 2. The van der Waals surface area contributed by atoms with E-state index in [9.17, 15) is 24.6 Å². The quantitative estimate of drug-likeness (QED) is 0.378. The molecule has 2 amide bonds. The van der Waals surface area contributed by atoms with E-state index in [1.54, 1.807) is 6.08 Å². The molecular weight excluding hydrogens is 476 g/mol. The van der Waals surface area contributed by atoms with Crippen LogP contribution in [0.5, 0.6) is 0 Å². The Kier molecular flexibility index (Phi) is 7.41. The molecule has 4 aliphatic carbocycles. The third kappa shape index (κ3) is 4.61. The molecule has 2 bridgehead atoms. The zero-order valence-corrected chi connectivity index (χ0v) is 21.9. The fourth-order valence-electron chi connectivity index (χ4n) is 9.05. The van der Waals surface area contributed by atoms with Gasteiger partial charge in [-0.1, -0.05) is 19.4 Å². The summed E-state index contributed by atoms with van der Waals surface area (Å²) >= 11 is 0. The van der Waals surface area contributed by atoms with Crippen LogP contribution in [-0.4, -0.2) is 66.6 Å². The van der Waals surface area contributed by atoms with Crippen molar-refractivity contribution in [1.82, 2.24) is 5.32 Å².